The van der Waals surface area contributed by atoms with E-state index in [2.05, 4.69) is 11.8 Å². The summed E-state index contributed by atoms with van der Waals surface area (Å²) >= 11 is 0. The van der Waals surface area contributed by atoms with Gasteiger partial charge in [-0.15, -0.1) is 0 Å². The summed E-state index contributed by atoms with van der Waals surface area (Å²) in [5.74, 6) is 1.03. The van der Waals surface area contributed by atoms with Crippen molar-refractivity contribution in [2.24, 2.45) is 13.0 Å². The zero-order valence-corrected chi connectivity index (χ0v) is 17.9. The molecular formula is C24H25N5O2. The first-order valence-corrected chi connectivity index (χ1v) is 10.5. The summed E-state index contributed by atoms with van der Waals surface area (Å²) in [7, 11) is 1.69. The third-order valence-electron chi connectivity index (χ3n) is 5.97. The molecule has 7 nitrogen and oxygen atoms in total. The second kappa shape index (κ2) is 7.27. The van der Waals surface area contributed by atoms with E-state index in [1.54, 1.807) is 7.05 Å². The van der Waals surface area contributed by atoms with Crippen molar-refractivity contribution in [2.75, 3.05) is 11.4 Å². The van der Waals surface area contributed by atoms with Crippen LogP contribution in [-0.4, -0.2) is 25.2 Å². The smallest absolute Gasteiger partial charge is 0.312 e. The molecule has 0 amide bonds. The molecule has 5 rings (SSSR count). The molecule has 2 aromatic heterocycles. The minimum absolute atomic E-state index is 0.236. The zero-order valence-electron chi connectivity index (χ0n) is 17.9. The Morgan fingerprint density at radius 3 is 2.42 bits per heavy atom. The number of hydrogen-bond donors (Lipinski definition) is 0. The van der Waals surface area contributed by atoms with Crippen LogP contribution in [0.4, 0.5) is 11.6 Å². The molecule has 7 heteroatoms. The van der Waals surface area contributed by atoms with Gasteiger partial charge in [0.1, 0.15) is 0 Å². The van der Waals surface area contributed by atoms with E-state index in [1.807, 2.05) is 66.1 Å². The van der Waals surface area contributed by atoms with Gasteiger partial charge in [-0.25, -0.2) is 4.79 Å². The van der Waals surface area contributed by atoms with Crippen LogP contribution in [-0.2, 0) is 20.1 Å². The van der Waals surface area contributed by atoms with Crippen molar-refractivity contribution >= 4 is 22.8 Å². The standard InChI is InChI=1S/C24H25N5O2/c1-16-9-11-18(12-10-16)15-29-22(30)20-21(26(3)24(29)31)25-23-27(13-17(2)14-28(20)23)19-7-5-4-6-8-19/h4-12,17H,13-15H2,1-3H3/t17-/m0/s1. The van der Waals surface area contributed by atoms with Crippen LogP contribution in [0, 0.1) is 12.8 Å². The lowest BCUT2D eigenvalue weighted by Crippen LogP contribution is -2.40. The Morgan fingerprint density at radius 2 is 1.71 bits per heavy atom. The molecule has 0 bridgehead atoms. The maximum atomic E-state index is 13.5. The Hall–Kier alpha value is -3.61. The van der Waals surface area contributed by atoms with Gasteiger partial charge in [0.25, 0.3) is 5.56 Å². The largest absolute Gasteiger partial charge is 0.332 e. The molecule has 0 N–H and O–H groups in total. The Labute approximate surface area is 179 Å². The molecule has 0 radical (unpaired) electrons. The van der Waals surface area contributed by atoms with E-state index in [0.717, 1.165) is 23.4 Å². The average molecular weight is 415 g/mol. The molecule has 0 saturated heterocycles. The number of nitrogens with zero attached hydrogens (tertiary/aromatic N) is 5. The van der Waals surface area contributed by atoms with Crippen LogP contribution in [0.5, 0.6) is 0 Å². The highest BCUT2D eigenvalue weighted by Gasteiger charge is 2.29. The van der Waals surface area contributed by atoms with Crippen molar-refractivity contribution in [3.8, 4) is 0 Å². The van der Waals surface area contributed by atoms with Crippen LogP contribution in [0.2, 0.25) is 0 Å². The first-order chi connectivity index (χ1) is 14.9. The number of anilines is 2. The van der Waals surface area contributed by atoms with Crippen LogP contribution in [0.3, 0.4) is 0 Å². The number of aryl methyl sites for hydroxylation is 2. The molecule has 158 valence electrons. The number of rotatable bonds is 3. The van der Waals surface area contributed by atoms with Gasteiger partial charge in [0.05, 0.1) is 6.54 Å². The molecule has 1 aliphatic heterocycles. The Bertz CT molecular complexity index is 1380. The van der Waals surface area contributed by atoms with Crippen LogP contribution in [0.1, 0.15) is 18.1 Å². The minimum atomic E-state index is -0.354. The third kappa shape index (κ3) is 3.17. The molecule has 0 unspecified atom stereocenters. The maximum Gasteiger partial charge on any atom is 0.332 e. The van der Waals surface area contributed by atoms with Gasteiger partial charge in [-0.2, -0.15) is 4.98 Å². The van der Waals surface area contributed by atoms with E-state index in [4.69, 9.17) is 4.98 Å². The summed E-state index contributed by atoms with van der Waals surface area (Å²) in [6.07, 6.45) is 0. The van der Waals surface area contributed by atoms with E-state index in [-0.39, 0.29) is 17.8 Å². The fourth-order valence-corrected chi connectivity index (χ4v) is 4.35. The molecular weight excluding hydrogens is 390 g/mol. The topological polar surface area (TPSA) is 65.1 Å². The SMILES string of the molecule is Cc1ccc(Cn2c(=O)c3c(nc4n3C[C@@H](C)CN4c3ccccc3)n(C)c2=O)cc1. The van der Waals surface area contributed by atoms with Crippen molar-refractivity contribution in [3.05, 3.63) is 86.6 Å². The fraction of sp³-hybridized carbons (Fsp3) is 0.292. The van der Waals surface area contributed by atoms with E-state index < -0.39 is 0 Å². The highest BCUT2D eigenvalue weighted by Crippen LogP contribution is 2.32. The van der Waals surface area contributed by atoms with Gasteiger partial charge in [-0.1, -0.05) is 55.0 Å². The molecule has 0 spiro atoms. The average Bonchev–Trinajstić information content (AvgIpc) is 3.16. The maximum absolute atomic E-state index is 13.5. The number of imidazole rings is 1. The predicted molar refractivity (Wildman–Crippen MR) is 122 cm³/mol. The van der Waals surface area contributed by atoms with E-state index >= 15 is 0 Å². The van der Waals surface area contributed by atoms with Gasteiger partial charge in [0, 0.05) is 25.8 Å². The van der Waals surface area contributed by atoms with Gasteiger partial charge in [-0.3, -0.25) is 13.9 Å². The normalized spacial score (nSPS) is 16.0. The fourth-order valence-electron chi connectivity index (χ4n) is 4.35. The monoisotopic (exact) mass is 415 g/mol. The lowest BCUT2D eigenvalue weighted by Gasteiger charge is -2.32. The Morgan fingerprint density at radius 1 is 1.00 bits per heavy atom. The third-order valence-corrected chi connectivity index (χ3v) is 5.97. The van der Waals surface area contributed by atoms with Crippen molar-refractivity contribution in [2.45, 2.75) is 26.9 Å². The molecule has 4 aromatic rings. The van der Waals surface area contributed by atoms with Crippen LogP contribution in [0.15, 0.2) is 64.2 Å². The van der Waals surface area contributed by atoms with E-state index in [9.17, 15) is 9.59 Å². The Balaban J connectivity index is 1.72. The van der Waals surface area contributed by atoms with Crippen LogP contribution >= 0.6 is 0 Å². The number of benzene rings is 2. The molecule has 0 aliphatic carbocycles. The quantitative estimate of drug-likeness (QED) is 0.516. The van der Waals surface area contributed by atoms with E-state index in [0.29, 0.717) is 29.6 Å². The number of fused-ring (bicyclic) bond motifs is 3. The molecule has 31 heavy (non-hydrogen) atoms. The summed E-state index contributed by atoms with van der Waals surface area (Å²) in [4.78, 5) is 33.5. The molecule has 3 heterocycles. The van der Waals surface area contributed by atoms with Crippen LogP contribution in [0.25, 0.3) is 11.2 Å². The predicted octanol–water partition coefficient (Wildman–Crippen LogP) is 3.04. The van der Waals surface area contributed by atoms with Gasteiger partial charge < -0.3 is 9.47 Å². The lowest BCUT2D eigenvalue weighted by molar-refractivity contribution is 0.458. The van der Waals surface area contributed by atoms with Gasteiger partial charge in [-0.05, 0) is 30.5 Å². The molecule has 1 atom stereocenters. The summed E-state index contributed by atoms with van der Waals surface area (Å²) < 4.78 is 4.78. The zero-order chi connectivity index (χ0) is 21.7. The first-order valence-electron chi connectivity index (χ1n) is 10.5. The first kappa shape index (κ1) is 19.4. The summed E-state index contributed by atoms with van der Waals surface area (Å²) in [6, 6.07) is 17.9. The second-order valence-corrected chi connectivity index (χ2v) is 8.46. The Kier molecular flexibility index (Phi) is 4.54. The molecule has 1 aliphatic rings. The molecule has 2 aromatic carbocycles. The highest BCUT2D eigenvalue weighted by molar-refractivity contribution is 5.77. The summed E-state index contributed by atoms with van der Waals surface area (Å²) in [6.45, 7) is 5.91. The van der Waals surface area contributed by atoms with Crippen molar-refractivity contribution < 1.29 is 0 Å². The summed E-state index contributed by atoms with van der Waals surface area (Å²) in [5, 5.41) is 0. The van der Waals surface area contributed by atoms with Crippen molar-refractivity contribution in [1.82, 2.24) is 18.7 Å². The van der Waals surface area contributed by atoms with Crippen molar-refractivity contribution in [3.63, 3.8) is 0 Å². The second-order valence-electron chi connectivity index (χ2n) is 8.46. The van der Waals surface area contributed by atoms with E-state index in [1.165, 1.54) is 9.13 Å². The van der Waals surface area contributed by atoms with Gasteiger partial charge >= 0.3 is 5.69 Å². The number of aromatic nitrogens is 4. The molecule has 0 fully saturated rings. The number of hydrogen-bond acceptors (Lipinski definition) is 4. The molecule has 0 saturated carbocycles. The van der Waals surface area contributed by atoms with Crippen molar-refractivity contribution in [1.29, 1.82) is 0 Å². The summed E-state index contributed by atoms with van der Waals surface area (Å²) in [5.41, 5.74) is 3.35. The lowest BCUT2D eigenvalue weighted by atomic mass is 10.1. The van der Waals surface area contributed by atoms with Crippen LogP contribution < -0.4 is 16.1 Å². The minimum Gasteiger partial charge on any atom is -0.312 e. The van der Waals surface area contributed by atoms with Gasteiger partial charge in [0.15, 0.2) is 11.2 Å². The highest BCUT2D eigenvalue weighted by atomic mass is 16.2. The van der Waals surface area contributed by atoms with Gasteiger partial charge in [0.2, 0.25) is 5.95 Å². The number of para-hydroxylation sites is 1.